The number of benzene rings is 4. The number of hydrogen-bond acceptors (Lipinski definition) is 4. The number of rotatable bonds is 8. The molecule has 0 saturated carbocycles. The summed E-state index contributed by atoms with van der Waals surface area (Å²) >= 11 is 0. The highest BCUT2D eigenvalue weighted by atomic mass is 16.6. The van der Waals surface area contributed by atoms with Crippen LogP contribution < -0.4 is 10.6 Å². The van der Waals surface area contributed by atoms with Gasteiger partial charge in [-0.15, -0.1) is 0 Å². The first kappa shape index (κ1) is 32.3. The van der Waals surface area contributed by atoms with Crippen molar-refractivity contribution >= 4 is 34.4 Å². The minimum Gasteiger partial charge on any atom is -0.444 e. The molecule has 2 unspecified atom stereocenters. The van der Waals surface area contributed by atoms with E-state index >= 15 is 0 Å². The third-order valence-electron chi connectivity index (χ3n) is 7.24. The van der Waals surface area contributed by atoms with Crippen molar-refractivity contribution in [3.05, 3.63) is 114 Å². The lowest BCUT2D eigenvalue weighted by molar-refractivity contribution is -0.146. The molecule has 0 aliphatic heterocycles. The number of ether oxygens (including phenoxy) is 1. The Hall–Kier alpha value is -4.65. The molecule has 4 rings (SSSR count). The largest absolute Gasteiger partial charge is 0.444 e. The molecular weight excluding hydrogens is 550 g/mol. The maximum absolute atomic E-state index is 14.7. The monoisotopic (exact) mass is 593 g/mol. The maximum atomic E-state index is 14.7. The zero-order valence-corrected chi connectivity index (χ0v) is 26.7. The van der Waals surface area contributed by atoms with E-state index in [0.29, 0.717) is 11.3 Å². The molecule has 2 N–H and O–H groups in total. The van der Waals surface area contributed by atoms with Crippen LogP contribution in [0, 0.1) is 6.92 Å². The molecule has 0 aromatic heterocycles. The molecule has 3 amide bonds. The number of hydrogen-bond donors (Lipinski definition) is 2. The Morgan fingerprint density at radius 3 is 2.02 bits per heavy atom. The molecule has 0 spiro atoms. The first-order chi connectivity index (χ1) is 20.7. The lowest BCUT2D eigenvalue weighted by Gasteiger charge is -2.43. The minimum absolute atomic E-state index is 0.221. The highest BCUT2D eigenvalue weighted by Crippen LogP contribution is 2.33. The standard InChI is InChI=1S/C37H43N3O4/c1-25-15-11-14-20-30(25)32(33(41)38-29-22-21-27-18-12-13-19-28(27)24-29)40(36(2,3)4)34(42)31(23-26-16-9-8-10-17-26)39-35(43)44-37(5,6)7/h8-22,24,31-32H,23H2,1-7H3,(H,38,41)(H,39,43). The third-order valence-corrected chi connectivity index (χ3v) is 7.24. The summed E-state index contributed by atoms with van der Waals surface area (Å²) in [7, 11) is 0. The molecule has 0 aliphatic carbocycles. The molecule has 0 bridgehead atoms. The summed E-state index contributed by atoms with van der Waals surface area (Å²) in [6.45, 7) is 12.9. The highest BCUT2D eigenvalue weighted by Gasteiger charge is 2.42. The number of anilines is 1. The summed E-state index contributed by atoms with van der Waals surface area (Å²) in [6, 6.07) is 28.7. The van der Waals surface area contributed by atoms with E-state index in [2.05, 4.69) is 10.6 Å². The van der Waals surface area contributed by atoms with E-state index < -0.39 is 35.2 Å². The van der Waals surface area contributed by atoms with Crippen molar-refractivity contribution in [3.8, 4) is 0 Å². The lowest BCUT2D eigenvalue weighted by Crippen LogP contribution is -2.58. The topological polar surface area (TPSA) is 87.7 Å². The number of amides is 3. The van der Waals surface area contributed by atoms with Crippen molar-refractivity contribution < 1.29 is 19.1 Å². The predicted molar refractivity (Wildman–Crippen MR) is 176 cm³/mol. The van der Waals surface area contributed by atoms with Gasteiger partial charge in [-0.3, -0.25) is 9.59 Å². The molecular formula is C37H43N3O4. The fraction of sp³-hybridized carbons (Fsp3) is 0.324. The van der Waals surface area contributed by atoms with E-state index in [0.717, 1.165) is 21.9 Å². The Kier molecular flexibility index (Phi) is 9.78. The number of nitrogens with zero attached hydrogens (tertiary/aromatic N) is 1. The maximum Gasteiger partial charge on any atom is 0.408 e. The summed E-state index contributed by atoms with van der Waals surface area (Å²) in [5.41, 5.74) is 1.50. The van der Waals surface area contributed by atoms with Crippen LogP contribution >= 0.6 is 0 Å². The van der Waals surface area contributed by atoms with Gasteiger partial charge in [0.05, 0.1) is 0 Å². The molecule has 230 valence electrons. The van der Waals surface area contributed by atoms with Gasteiger partial charge >= 0.3 is 6.09 Å². The van der Waals surface area contributed by atoms with E-state index in [-0.39, 0.29) is 12.3 Å². The Balaban J connectivity index is 1.78. The van der Waals surface area contributed by atoms with E-state index in [1.54, 1.807) is 25.7 Å². The summed E-state index contributed by atoms with van der Waals surface area (Å²) < 4.78 is 5.55. The smallest absolute Gasteiger partial charge is 0.408 e. The van der Waals surface area contributed by atoms with Gasteiger partial charge in [-0.05, 0) is 88.1 Å². The van der Waals surface area contributed by atoms with Crippen molar-refractivity contribution in [2.45, 2.75) is 78.1 Å². The Bertz CT molecular complexity index is 1620. The van der Waals surface area contributed by atoms with E-state index in [4.69, 9.17) is 4.74 Å². The highest BCUT2D eigenvalue weighted by molar-refractivity contribution is 6.01. The molecule has 44 heavy (non-hydrogen) atoms. The van der Waals surface area contributed by atoms with Crippen molar-refractivity contribution in [2.75, 3.05) is 5.32 Å². The van der Waals surface area contributed by atoms with Crippen LogP contribution in [0.5, 0.6) is 0 Å². The van der Waals surface area contributed by atoms with Crippen LogP contribution in [0.25, 0.3) is 10.8 Å². The molecule has 4 aromatic carbocycles. The molecule has 0 saturated heterocycles. The molecule has 0 fully saturated rings. The number of carbonyl (C=O) groups is 3. The van der Waals surface area contributed by atoms with Gasteiger partial charge in [0.25, 0.3) is 5.91 Å². The van der Waals surface area contributed by atoms with Crippen LogP contribution in [0.1, 0.15) is 64.3 Å². The molecule has 7 nitrogen and oxygen atoms in total. The average Bonchev–Trinajstić information content (AvgIpc) is 2.94. The normalized spacial score (nSPS) is 13.1. The number of carbonyl (C=O) groups excluding carboxylic acids is 3. The Morgan fingerprint density at radius 2 is 1.39 bits per heavy atom. The lowest BCUT2D eigenvalue weighted by atomic mass is 9.92. The first-order valence-electron chi connectivity index (χ1n) is 14.9. The summed E-state index contributed by atoms with van der Waals surface area (Å²) in [4.78, 5) is 43.7. The zero-order chi connectivity index (χ0) is 32.1. The minimum atomic E-state index is -0.994. The number of fused-ring (bicyclic) bond motifs is 1. The fourth-order valence-corrected chi connectivity index (χ4v) is 5.28. The zero-order valence-electron chi connectivity index (χ0n) is 26.7. The van der Waals surface area contributed by atoms with Crippen molar-refractivity contribution in [1.82, 2.24) is 10.2 Å². The van der Waals surface area contributed by atoms with Gasteiger partial charge in [0.15, 0.2) is 0 Å². The summed E-state index contributed by atoms with van der Waals surface area (Å²) in [5, 5.41) is 7.95. The van der Waals surface area contributed by atoms with Gasteiger partial charge < -0.3 is 20.3 Å². The Labute approximate surface area is 260 Å². The second kappa shape index (κ2) is 13.3. The van der Waals surface area contributed by atoms with Crippen molar-refractivity contribution in [1.29, 1.82) is 0 Å². The summed E-state index contributed by atoms with van der Waals surface area (Å²) in [6.07, 6.45) is -0.480. The number of alkyl carbamates (subject to hydrolysis) is 1. The van der Waals surface area contributed by atoms with Gasteiger partial charge in [-0.2, -0.15) is 0 Å². The van der Waals surface area contributed by atoms with Crippen LogP contribution in [-0.4, -0.2) is 40.0 Å². The van der Waals surface area contributed by atoms with E-state index in [9.17, 15) is 14.4 Å². The van der Waals surface area contributed by atoms with Crippen molar-refractivity contribution in [3.63, 3.8) is 0 Å². The van der Waals surface area contributed by atoms with Gasteiger partial charge in [0, 0.05) is 17.6 Å². The van der Waals surface area contributed by atoms with E-state index in [1.807, 2.05) is 125 Å². The van der Waals surface area contributed by atoms with E-state index in [1.165, 1.54) is 0 Å². The van der Waals surface area contributed by atoms with Crippen LogP contribution in [0.3, 0.4) is 0 Å². The molecule has 0 aliphatic rings. The van der Waals surface area contributed by atoms with Gasteiger partial charge in [0.1, 0.15) is 17.7 Å². The van der Waals surface area contributed by atoms with Crippen molar-refractivity contribution in [2.24, 2.45) is 0 Å². The second-order valence-electron chi connectivity index (χ2n) is 13.1. The fourth-order valence-electron chi connectivity index (χ4n) is 5.28. The average molecular weight is 594 g/mol. The van der Waals surface area contributed by atoms with Crippen LogP contribution in [0.2, 0.25) is 0 Å². The Morgan fingerprint density at radius 1 is 0.773 bits per heavy atom. The predicted octanol–water partition coefficient (Wildman–Crippen LogP) is 7.59. The SMILES string of the molecule is Cc1ccccc1C(C(=O)Nc1ccc2ccccc2c1)N(C(=O)C(Cc1ccccc1)NC(=O)OC(C)(C)C)C(C)(C)C. The quantitative estimate of drug-likeness (QED) is 0.220. The number of aryl methyl sites for hydroxylation is 1. The van der Waals surface area contributed by atoms with Gasteiger partial charge in [-0.25, -0.2) is 4.79 Å². The molecule has 4 aromatic rings. The molecule has 2 atom stereocenters. The third kappa shape index (κ3) is 8.25. The first-order valence-corrected chi connectivity index (χ1v) is 14.9. The summed E-state index contributed by atoms with van der Waals surface area (Å²) in [5.74, 6) is -0.747. The van der Waals surface area contributed by atoms with Gasteiger partial charge in [0.2, 0.25) is 5.91 Å². The van der Waals surface area contributed by atoms with Gasteiger partial charge in [-0.1, -0.05) is 84.9 Å². The number of nitrogens with one attached hydrogen (secondary N) is 2. The van der Waals surface area contributed by atoms with Crippen LogP contribution in [-0.2, 0) is 20.7 Å². The molecule has 7 heteroatoms. The second-order valence-corrected chi connectivity index (χ2v) is 13.1. The van der Waals surface area contributed by atoms with Crippen LogP contribution in [0.4, 0.5) is 10.5 Å². The molecule has 0 heterocycles. The van der Waals surface area contributed by atoms with Crippen LogP contribution in [0.15, 0.2) is 97.1 Å². The molecule has 0 radical (unpaired) electrons.